The van der Waals surface area contributed by atoms with Gasteiger partial charge in [-0.2, -0.15) is 0 Å². The van der Waals surface area contributed by atoms with Gasteiger partial charge in [0.2, 0.25) is 0 Å². The number of carbonyl (C=O) groups excluding carboxylic acids is 1. The van der Waals surface area contributed by atoms with Crippen molar-refractivity contribution in [2.45, 2.75) is 6.92 Å². The lowest BCUT2D eigenvalue weighted by Crippen LogP contribution is -2.08. The molecule has 0 aliphatic rings. The summed E-state index contributed by atoms with van der Waals surface area (Å²) in [5.74, 6) is -0.364. The zero-order valence-electron chi connectivity index (χ0n) is 9.51. The van der Waals surface area contributed by atoms with Crippen molar-refractivity contribution in [2.24, 2.45) is 5.73 Å². The second-order valence-electron chi connectivity index (χ2n) is 3.62. The van der Waals surface area contributed by atoms with Crippen LogP contribution in [0.15, 0.2) is 46.9 Å². The highest BCUT2D eigenvalue weighted by Gasteiger charge is 2.09. The fraction of sp³-hybridized carbons (Fsp3) is 0.0714. The smallest absolute Gasteiger partial charge is 0.284 e. The van der Waals surface area contributed by atoms with Gasteiger partial charge in [0, 0.05) is 5.39 Å². The van der Waals surface area contributed by atoms with E-state index in [0.29, 0.717) is 5.58 Å². The summed E-state index contributed by atoms with van der Waals surface area (Å²) in [5.41, 5.74) is 6.85. The summed E-state index contributed by atoms with van der Waals surface area (Å²) < 4.78 is 5.35. The Morgan fingerprint density at radius 1 is 1.35 bits per heavy atom. The quantitative estimate of drug-likeness (QED) is 0.819. The predicted molar refractivity (Wildman–Crippen MR) is 68.6 cm³/mol. The lowest BCUT2D eigenvalue weighted by Gasteiger charge is -1.93. The summed E-state index contributed by atoms with van der Waals surface area (Å²) in [6.07, 6.45) is 7.78. The Morgan fingerprint density at radius 2 is 2.18 bits per heavy atom. The van der Waals surface area contributed by atoms with E-state index >= 15 is 0 Å². The molecule has 0 radical (unpaired) electrons. The molecular formula is C14H13NO2. The highest BCUT2D eigenvalue weighted by molar-refractivity contribution is 5.97. The third-order valence-corrected chi connectivity index (χ3v) is 2.42. The van der Waals surface area contributed by atoms with E-state index in [4.69, 9.17) is 10.2 Å². The Labute approximate surface area is 99.2 Å². The van der Waals surface area contributed by atoms with Crippen LogP contribution in [0.25, 0.3) is 17.0 Å². The van der Waals surface area contributed by atoms with Crippen molar-refractivity contribution in [3.63, 3.8) is 0 Å². The molecule has 0 aliphatic heterocycles. The summed E-state index contributed by atoms with van der Waals surface area (Å²) in [6, 6.07) is 7.33. The first kappa shape index (κ1) is 11.2. The minimum Gasteiger partial charge on any atom is -0.451 e. The van der Waals surface area contributed by atoms with Gasteiger partial charge in [-0.05, 0) is 24.6 Å². The maximum absolute atomic E-state index is 11.0. The van der Waals surface area contributed by atoms with Crippen molar-refractivity contribution in [1.29, 1.82) is 0 Å². The van der Waals surface area contributed by atoms with Crippen molar-refractivity contribution >= 4 is 23.0 Å². The molecule has 1 aromatic carbocycles. The van der Waals surface area contributed by atoms with Gasteiger partial charge in [0.1, 0.15) is 5.58 Å². The van der Waals surface area contributed by atoms with Gasteiger partial charge in [-0.25, -0.2) is 0 Å². The third kappa shape index (κ3) is 2.28. The lowest BCUT2D eigenvalue weighted by molar-refractivity contribution is 0.0976. The molecule has 0 atom stereocenters. The fourth-order valence-corrected chi connectivity index (χ4v) is 1.62. The van der Waals surface area contributed by atoms with Gasteiger partial charge in [0.25, 0.3) is 5.91 Å². The van der Waals surface area contributed by atoms with E-state index in [0.717, 1.165) is 10.9 Å². The van der Waals surface area contributed by atoms with Crippen LogP contribution >= 0.6 is 0 Å². The number of hydrogen-bond acceptors (Lipinski definition) is 2. The Hall–Kier alpha value is -2.29. The van der Waals surface area contributed by atoms with Crippen molar-refractivity contribution < 1.29 is 9.21 Å². The SMILES string of the molecule is C/C=C\C=C/c1cccc2oc(C(N)=O)cc12. The molecule has 0 saturated heterocycles. The summed E-state index contributed by atoms with van der Waals surface area (Å²) >= 11 is 0. The second kappa shape index (κ2) is 4.70. The van der Waals surface area contributed by atoms with Crippen LogP contribution in [-0.2, 0) is 0 Å². The van der Waals surface area contributed by atoms with Crippen LogP contribution in [0.1, 0.15) is 23.0 Å². The Morgan fingerprint density at radius 3 is 2.88 bits per heavy atom. The molecule has 0 unspecified atom stereocenters. The molecule has 0 aliphatic carbocycles. The summed E-state index contributed by atoms with van der Waals surface area (Å²) in [4.78, 5) is 11.0. The van der Waals surface area contributed by atoms with Crippen molar-refractivity contribution in [1.82, 2.24) is 0 Å². The molecule has 0 fully saturated rings. The number of hydrogen-bond donors (Lipinski definition) is 1. The van der Waals surface area contributed by atoms with Gasteiger partial charge < -0.3 is 10.2 Å². The van der Waals surface area contributed by atoms with Crippen molar-refractivity contribution in [3.05, 3.63) is 53.8 Å². The third-order valence-electron chi connectivity index (χ3n) is 2.42. The average molecular weight is 227 g/mol. The highest BCUT2D eigenvalue weighted by Crippen LogP contribution is 2.23. The molecule has 1 heterocycles. The average Bonchev–Trinajstić information content (AvgIpc) is 2.74. The van der Waals surface area contributed by atoms with Crippen LogP contribution in [0.4, 0.5) is 0 Å². The Kier molecular flexibility index (Phi) is 3.10. The molecule has 3 heteroatoms. The van der Waals surface area contributed by atoms with Gasteiger partial charge in [-0.1, -0.05) is 36.4 Å². The minimum absolute atomic E-state index is 0.187. The van der Waals surface area contributed by atoms with Gasteiger partial charge in [-0.15, -0.1) is 0 Å². The molecule has 0 bridgehead atoms. The van der Waals surface area contributed by atoms with Gasteiger partial charge in [0.05, 0.1) is 0 Å². The van der Waals surface area contributed by atoms with E-state index in [9.17, 15) is 4.79 Å². The first-order valence-electron chi connectivity index (χ1n) is 5.34. The Balaban J connectivity index is 2.52. The number of amides is 1. The van der Waals surface area contributed by atoms with E-state index in [2.05, 4.69) is 0 Å². The monoisotopic (exact) mass is 227 g/mol. The number of rotatable bonds is 3. The molecule has 3 nitrogen and oxygen atoms in total. The minimum atomic E-state index is -0.551. The number of fused-ring (bicyclic) bond motifs is 1. The molecule has 2 rings (SSSR count). The number of carbonyl (C=O) groups is 1. The number of benzene rings is 1. The molecular weight excluding hydrogens is 214 g/mol. The number of allylic oxidation sites excluding steroid dienone is 3. The largest absolute Gasteiger partial charge is 0.451 e. The highest BCUT2D eigenvalue weighted by atomic mass is 16.3. The predicted octanol–water partition coefficient (Wildman–Crippen LogP) is 3.12. The normalized spacial score (nSPS) is 11.8. The van der Waals surface area contributed by atoms with E-state index in [1.54, 1.807) is 6.07 Å². The van der Waals surface area contributed by atoms with E-state index in [1.807, 2.05) is 49.4 Å². The molecule has 2 aromatic rings. The topological polar surface area (TPSA) is 56.2 Å². The standard InChI is InChI=1S/C14H13NO2/c1-2-3-4-6-10-7-5-8-12-11(10)9-13(17-12)14(15)16/h2-9H,1H3,(H2,15,16)/b3-2-,6-4-. The molecule has 0 saturated carbocycles. The molecule has 17 heavy (non-hydrogen) atoms. The summed E-state index contributed by atoms with van der Waals surface area (Å²) in [6.45, 7) is 1.95. The maximum atomic E-state index is 11.0. The first-order valence-corrected chi connectivity index (χ1v) is 5.34. The second-order valence-corrected chi connectivity index (χ2v) is 3.62. The molecule has 1 amide bonds. The molecule has 2 N–H and O–H groups in total. The van der Waals surface area contributed by atoms with Crippen LogP contribution in [0.5, 0.6) is 0 Å². The van der Waals surface area contributed by atoms with Crippen LogP contribution in [0.3, 0.4) is 0 Å². The van der Waals surface area contributed by atoms with Crippen LogP contribution in [0.2, 0.25) is 0 Å². The van der Waals surface area contributed by atoms with Gasteiger partial charge in [-0.3, -0.25) is 4.79 Å². The summed E-state index contributed by atoms with van der Waals surface area (Å²) in [5, 5.41) is 0.891. The van der Waals surface area contributed by atoms with E-state index in [1.165, 1.54) is 0 Å². The molecule has 0 spiro atoms. The van der Waals surface area contributed by atoms with Crippen LogP contribution in [-0.4, -0.2) is 5.91 Å². The number of nitrogens with two attached hydrogens (primary N) is 1. The van der Waals surface area contributed by atoms with E-state index in [-0.39, 0.29) is 5.76 Å². The summed E-state index contributed by atoms with van der Waals surface area (Å²) in [7, 11) is 0. The number of primary amides is 1. The number of furan rings is 1. The lowest BCUT2D eigenvalue weighted by atomic mass is 10.1. The van der Waals surface area contributed by atoms with E-state index < -0.39 is 5.91 Å². The molecule has 1 aromatic heterocycles. The first-order chi connectivity index (χ1) is 8.22. The maximum Gasteiger partial charge on any atom is 0.284 e. The van der Waals surface area contributed by atoms with Gasteiger partial charge in [0.15, 0.2) is 5.76 Å². The van der Waals surface area contributed by atoms with Crippen molar-refractivity contribution in [2.75, 3.05) is 0 Å². The van der Waals surface area contributed by atoms with Gasteiger partial charge >= 0.3 is 0 Å². The van der Waals surface area contributed by atoms with Crippen LogP contribution < -0.4 is 5.73 Å². The fourth-order valence-electron chi connectivity index (χ4n) is 1.62. The van der Waals surface area contributed by atoms with Crippen molar-refractivity contribution in [3.8, 4) is 0 Å². The van der Waals surface area contributed by atoms with Crippen LogP contribution in [0, 0.1) is 0 Å². The molecule has 86 valence electrons. The zero-order valence-corrected chi connectivity index (χ0v) is 9.51. The Bertz CT molecular complexity index is 606. The zero-order chi connectivity index (χ0) is 12.3.